The summed E-state index contributed by atoms with van der Waals surface area (Å²) >= 11 is 11.9. The lowest BCUT2D eigenvalue weighted by atomic mass is 10.2. The van der Waals surface area contributed by atoms with Gasteiger partial charge < -0.3 is 0 Å². The van der Waals surface area contributed by atoms with Crippen LogP contribution in [0.15, 0.2) is 24.3 Å². The zero-order chi connectivity index (χ0) is 7.19. The second-order valence-corrected chi connectivity index (χ2v) is 4.30. The highest BCUT2D eigenvalue weighted by atomic mass is 35.5. The van der Waals surface area contributed by atoms with E-state index in [9.17, 15) is 0 Å². The summed E-state index contributed by atoms with van der Waals surface area (Å²) in [5, 5.41) is 0. The van der Waals surface area contributed by atoms with Crippen LogP contribution in [0.1, 0.15) is 6.42 Å². The van der Waals surface area contributed by atoms with E-state index in [1.165, 1.54) is 0 Å². The Balaban J connectivity index is 2.19. The fourth-order valence-corrected chi connectivity index (χ4v) is 2.24. The van der Waals surface area contributed by atoms with Gasteiger partial charge in [0.1, 0.15) is 4.33 Å². The van der Waals surface area contributed by atoms with E-state index in [1.807, 2.05) is 6.08 Å². The summed E-state index contributed by atoms with van der Waals surface area (Å²) in [5.74, 6) is 0.858. The van der Waals surface area contributed by atoms with E-state index in [-0.39, 0.29) is 0 Å². The molecule has 1 saturated carbocycles. The molecule has 2 aliphatic carbocycles. The van der Waals surface area contributed by atoms with Crippen molar-refractivity contribution in [1.29, 1.82) is 0 Å². The molecule has 2 heteroatoms. The largest absolute Gasteiger partial charge is 0.128 e. The summed E-state index contributed by atoms with van der Waals surface area (Å²) in [6.07, 6.45) is 9.31. The predicted octanol–water partition coefficient (Wildman–Crippen LogP) is 2.92. The van der Waals surface area contributed by atoms with Crippen molar-refractivity contribution in [1.82, 2.24) is 0 Å². The number of alkyl halides is 2. The Morgan fingerprint density at radius 2 is 2.10 bits per heavy atom. The van der Waals surface area contributed by atoms with Crippen molar-refractivity contribution in [2.45, 2.75) is 10.8 Å². The average molecular weight is 175 g/mol. The molecular formula is C8H8Cl2. The van der Waals surface area contributed by atoms with Crippen LogP contribution in [0.3, 0.4) is 0 Å². The maximum absolute atomic E-state index is 5.97. The van der Waals surface area contributed by atoms with Crippen molar-refractivity contribution in [2.24, 2.45) is 11.8 Å². The smallest absolute Gasteiger partial charge is 0.101 e. The van der Waals surface area contributed by atoms with Crippen LogP contribution < -0.4 is 0 Å². The number of hydrogen-bond acceptors (Lipinski definition) is 0. The standard InChI is InChI=1S/C8H8Cl2/c9-8(10)6-4-2-1-3-5-7(6)8/h1-4,6-7H,5H2/t6-,7-/m0/s1. The third kappa shape index (κ3) is 0.826. The molecule has 54 valence electrons. The van der Waals surface area contributed by atoms with Crippen molar-refractivity contribution in [2.75, 3.05) is 0 Å². The minimum absolute atomic E-state index is 0.394. The molecule has 2 aliphatic rings. The van der Waals surface area contributed by atoms with Gasteiger partial charge in [-0.3, -0.25) is 0 Å². The van der Waals surface area contributed by atoms with Crippen molar-refractivity contribution in [3.63, 3.8) is 0 Å². The Kier molecular flexibility index (Phi) is 1.37. The van der Waals surface area contributed by atoms with Gasteiger partial charge in [0.05, 0.1) is 0 Å². The second-order valence-electron chi connectivity index (χ2n) is 2.86. The predicted molar refractivity (Wildman–Crippen MR) is 44.3 cm³/mol. The minimum atomic E-state index is -0.457. The van der Waals surface area contributed by atoms with Crippen molar-refractivity contribution in [3.05, 3.63) is 24.3 Å². The topological polar surface area (TPSA) is 0 Å². The van der Waals surface area contributed by atoms with Gasteiger partial charge in [0.25, 0.3) is 0 Å². The van der Waals surface area contributed by atoms with E-state index in [0.29, 0.717) is 11.8 Å². The van der Waals surface area contributed by atoms with Crippen molar-refractivity contribution >= 4 is 23.2 Å². The lowest BCUT2D eigenvalue weighted by Gasteiger charge is -1.93. The highest BCUT2D eigenvalue weighted by Gasteiger charge is 2.60. The minimum Gasteiger partial charge on any atom is -0.101 e. The normalized spacial score (nSPS) is 40.6. The molecule has 1 fully saturated rings. The van der Waals surface area contributed by atoms with Crippen LogP contribution in [0.4, 0.5) is 0 Å². The Labute approximate surface area is 70.5 Å². The molecule has 0 aromatic carbocycles. The number of rotatable bonds is 0. The van der Waals surface area contributed by atoms with E-state index in [2.05, 4.69) is 18.2 Å². The third-order valence-electron chi connectivity index (χ3n) is 2.22. The average Bonchev–Trinajstić information content (AvgIpc) is 2.47. The summed E-state index contributed by atoms with van der Waals surface area (Å²) in [7, 11) is 0. The lowest BCUT2D eigenvalue weighted by Crippen LogP contribution is -1.89. The molecule has 0 unspecified atom stereocenters. The van der Waals surface area contributed by atoms with E-state index >= 15 is 0 Å². The summed E-state index contributed by atoms with van der Waals surface area (Å²) in [6.45, 7) is 0. The van der Waals surface area contributed by atoms with Gasteiger partial charge in [0, 0.05) is 11.8 Å². The first-order valence-electron chi connectivity index (χ1n) is 3.44. The molecule has 2 rings (SSSR count). The SMILES string of the molecule is ClC1(Cl)[C@H]2C=CC=CC[C@@H]21. The zero-order valence-electron chi connectivity index (χ0n) is 5.43. The molecule has 0 radical (unpaired) electrons. The van der Waals surface area contributed by atoms with Gasteiger partial charge in [0.15, 0.2) is 0 Å². The molecule has 0 aliphatic heterocycles. The lowest BCUT2D eigenvalue weighted by molar-refractivity contribution is 0.808. The van der Waals surface area contributed by atoms with Crippen LogP contribution in [0.25, 0.3) is 0 Å². The van der Waals surface area contributed by atoms with Crippen LogP contribution >= 0.6 is 23.2 Å². The molecule has 0 spiro atoms. The Hall–Kier alpha value is 0.0600. The highest BCUT2D eigenvalue weighted by Crippen LogP contribution is 2.62. The van der Waals surface area contributed by atoms with Gasteiger partial charge in [-0.05, 0) is 6.42 Å². The second kappa shape index (κ2) is 2.02. The van der Waals surface area contributed by atoms with Gasteiger partial charge in [-0.15, -0.1) is 23.2 Å². The summed E-state index contributed by atoms with van der Waals surface area (Å²) in [4.78, 5) is 0. The fourth-order valence-electron chi connectivity index (χ4n) is 1.47. The Morgan fingerprint density at radius 1 is 1.30 bits per heavy atom. The molecule has 0 amide bonds. The van der Waals surface area contributed by atoms with Gasteiger partial charge >= 0.3 is 0 Å². The van der Waals surface area contributed by atoms with Gasteiger partial charge in [-0.1, -0.05) is 24.3 Å². The quantitative estimate of drug-likeness (QED) is 0.496. The van der Waals surface area contributed by atoms with E-state index < -0.39 is 4.33 Å². The first kappa shape index (κ1) is 6.75. The van der Waals surface area contributed by atoms with Gasteiger partial charge in [0.2, 0.25) is 0 Å². The molecule has 0 aromatic heterocycles. The van der Waals surface area contributed by atoms with Crippen LogP contribution in [-0.4, -0.2) is 4.33 Å². The summed E-state index contributed by atoms with van der Waals surface area (Å²) in [6, 6.07) is 0. The molecule has 0 saturated heterocycles. The zero-order valence-corrected chi connectivity index (χ0v) is 6.94. The maximum atomic E-state index is 5.97. The highest BCUT2D eigenvalue weighted by molar-refractivity contribution is 6.51. The number of allylic oxidation sites excluding steroid dienone is 4. The molecule has 0 N–H and O–H groups in total. The molecule has 0 nitrogen and oxygen atoms in total. The van der Waals surface area contributed by atoms with Gasteiger partial charge in [-0.2, -0.15) is 0 Å². The fraction of sp³-hybridized carbons (Fsp3) is 0.500. The maximum Gasteiger partial charge on any atom is 0.128 e. The first-order chi connectivity index (χ1) is 4.73. The molecule has 0 heterocycles. The van der Waals surface area contributed by atoms with E-state index in [1.54, 1.807) is 0 Å². The van der Waals surface area contributed by atoms with E-state index in [0.717, 1.165) is 6.42 Å². The molecular weight excluding hydrogens is 167 g/mol. The molecule has 0 aromatic rings. The Bertz CT molecular complexity index is 203. The van der Waals surface area contributed by atoms with E-state index in [4.69, 9.17) is 23.2 Å². The summed E-state index contributed by atoms with van der Waals surface area (Å²) in [5.41, 5.74) is 0. The van der Waals surface area contributed by atoms with Crippen LogP contribution in [0.2, 0.25) is 0 Å². The van der Waals surface area contributed by atoms with Crippen LogP contribution in [0.5, 0.6) is 0 Å². The van der Waals surface area contributed by atoms with Crippen LogP contribution in [-0.2, 0) is 0 Å². The molecule has 2 atom stereocenters. The molecule has 0 bridgehead atoms. The summed E-state index contributed by atoms with van der Waals surface area (Å²) < 4.78 is -0.457. The van der Waals surface area contributed by atoms with Crippen molar-refractivity contribution in [3.8, 4) is 0 Å². The number of halogens is 2. The van der Waals surface area contributed by atoms with Crippen LogP contribution in [0, 0.1) is 11.8 Å². The number of hydrogen-bond donors (Lipinski definition) is 0. The first-order valence-corrected chi connectivity index (χ1v) is 4.19. The van der Waals surface area contributed by atoms with Crippen molar-refractivity contribution < 1.29 is 0 Å². The third-order valence-corrected chi connectivity index (χ3v) is 3.28. The Morgan fingerprint density at radius 3 is 2.90 bits per heavy atom. The van der Waals surface area contributed by atoms with Gasteiger partial charge in [-0.25, -0.2) is 0 Å². The monoisotopic (exact) mass is 174 g/mol. The number of fused-ring (bicyclic) bond motifs is 1. The molecule has 10 heavy (non-hydrogen) atoms.